The molecule has 2 amide bonds. The summed E-state index contributed by atoms with van der Waals surface area (Å²) < 4.78 is 34.2. The summed E-state index contributed by atoms with van der Waals surface area (Å²) in [5.74, 6) is -1.14. The van der Waals surface area contributed by atoms with E-state index in [2.05, 4.69) is 10.3 Å². The van der Waals surface area contributed by atoms with E-state index in [1.165, 1.54) is 44.4 Å². The monoisotopic (exact) mass is 521 g/mol. The Morgan fingerprint density at radius 1 is 1.03 bits per heavy atom. The van der Waals surface area contributed by atoms with Crippen molar-refractivity contribution in [2.45, 2.75) is 17.4 Å². The van der Waals surface area contributed by atoms with Crippen LogP contribution in [-0.4, -0.2) is 32.3 Å². The molecular weight excluding hydrogens is 502 g/mol. The van der Waals surface area contributed by atoms with Crippen LogP contribution in [-0.2, 0) is 25.2 Å². The third-order valence-electron chi connectivity index (χ3n) is 6.07. The quantitative estimate of drug-likeness (QED) is 0.425. The normalized spacial score (nSPS) is 17.2. The van der Waals surface area contributed by atoms with E-state index < -0.39 is 27.4 Å². The molecule has 0 saturated heterocycles. The van der Waals surface area contributed by atoms with Gasteiger partial charge in [-0.1, -0.05) is 35.9 Å². The molecule has 0 saturated carbocycles. The number of halogens is 1. The van der Waals surface area contributed by atoms with Crippen LogP contribution in [0.5, 0.6) is 5.75 Å². The lowest BCUT2D eigenvalue weighted by Crippen LogP contribution is -2.54. The third kappa shape index (κ3) is 3.51. The second-order valence-electron chi connectivity index (χ2n) is 8.23. The lowest BCUT2D eigenvalue weighted by Gasteiger charge is -2.31. The van der Waals surface area contributed by atoms with Crippen LogP contribution in [0.25, 0.3) is 10.9 Å². The lowest BCUT2D eigenvalue weighted by molar-refractivity contribution is -0.128. The fraction of sp³-hybridized carbons (Fsp3) is 0.115. The first-order valence-corrected chi connectivity index (χ1v) is 12.7. The highest BCUT2D eigenvalue weighted by Crippen LogP contribution is 2.49. The van der Waals surface area contributed by atoms with Crippen molar-refractivity contribution < 1.29 is 22.7 Å². The average molecular weight is 522 g/mol. The first kappa shape index (κ1) is 23.8. The summed E-state index contributed by atoms with van der Waals surface area (Å²) in [6.07, 6.45) is 1.61. The molecule has 1 unspecified atom stereocenters. The summed E-state index contributed by atoms with van der Waals surface area (Å²) in [5.41, 5.74) is -0.722. The number of amides is 2. The Hall–Kier alpha value is -3.95. The van der Waals surface area contributed by atoms with Gasteiger partial charge in [-0.05, 0) is 48.5 Å². The highest BCUT2D eigenvalue weighted by atomic mass is 35.5. The van der Waals surface area contributed by atoms with Gasteiger partial charge in [0.15, 0.2) is 5.54 Å². The van der Waals surface area contributed by atoms with Crippen molar-refractivity contribution in [3.8, 4) is 5.75 Å². The van der Waals surface area contributed by atoms with E-state index >= 15 is 0 Å². The molecule has 8 nitrogen and oxygen atoms in total. The molecule has 1 N–H and O–H groups in total. The number of methoxy groups -OCH3 is 1. The average Bonchev–Trinajstić information content (AvgIpc) is 3.11. The SMILES string of the molecule is COc1ccccc1C1(NC(C)=O)C(=O)N(S(=O)(=O)c2ccc3ncccc3c2)c2ccc(Cl)cc21. The number of pyridine rings is 1. The van der Waals surface area contributed by atoms with E-state index in [0.717, 1.165) is 4.31 Å². The van der Waals surface area contributed by atoms with E-state index in [-0.39, 0.29) is 26.7 Å². The zero-order valence-corrected chi connectivity index (χ0v) is 20.8. The summed E-state index contributed by atoms with van der Waals surface area (Å²) in [6.45, 7) is 1.25. The minimum absolute atomic E-state index is 0.0790. The number of ether oxygens (including phenoxy) is 1. The summed E-state index contributed by atoms with van der Waals surface area (Å²) in [7, 11) is -2.99. The van der Waals surface area contributed by atoms with Crippen molar-refractivity contribution >= 4 is 50.0 Å². The number of nitrogens with zero attached hydrogens (tertiary/aromatic N) is 2. The van der Waals surface area contributed by atoms with Crippen LogP contribution in [0.15, 0.2) is 83.9 Å². The molecule has 36 heavy (non-hydrogen) atoms. The third-order valence-corrected chi connectivity index (χ3v) is 8.00. The molecule has 1 aromatic heterocycles. The largest absolute Gasteiger partial charge is 0.496 e. The number of para-hydroxylation sites is 1. The highest BCUT2D eigenvalue weighted by Gasteiger charge is 2.58. The van der Waals surface area contributed by atoms with Crippen molar-refractivity contribution in [2.75, 3.05) is 11.4 Å². The summed E-state index contributed by atoms with van der Waals surface area (Å²) in [4.78, 5) is 30.9. The summed E-state index contributed by atoms with van der Waals surface area (Å²) in [6, 6.07) is 18.9. The van der Waals surface area contributed by atoms with Crippen molar-refractivity contribution in [3.63, 3.8) is 0 Å². The van der Waals surface area contributed by atoms with Crippen LogP contribution >= 0.6 is 11.6 Å². The second kappa shape index (κ2) is 8.61. The topological polar surface area (TPSA) is 106 Å². The molecule has 1 atom stereocenters. The number of nitrogens with one attached hydrogen (secondary N) is 1. The number of aromatic nitrogens is 1. The Kier molecular flexibility index (Phi) is 5.69. The number of fused-ring (bicyclic) bond motifs is 2. The molecule has 2 heterocycles. The van der Waals surface area contributed by atoms with Gasteiger partial charge in [-0.25, -0.2) is 8.42 Å². The predicted molar refractivity (Wildman–Crippen MR) is 135 cm³/mol. The minimum atomic E-state index is -4.42. The molecule has 5 rings (SSSR count). The molecule has 10 heteroatoms. The number of sulfonamides is 1. The maximum absolute atomic E-state index is 14.3. The number of carbonyl (C=O) groups excluding carboxylic acids is 2. The van der Waals surface area contributed by atoms with Crippen LogP contribution in [0.1, 0.15) is 18.1 Å². The van der Waals surface area contributed by atoms with Crippen LogP contribution in [0.3, 0.4) is 0 Å². The van der Waals surface area contributed by atoms with Gasteiger partial charge in [0.25, 0.3) is 15.9 Å². The lowest BCUT2D eigenvalue weighted by atomic mass is 9.83. The van der Waals surface area contributed by atoms with Gasteiger partial charge in [-0.3, -0.25) is 14.6 Å². The maximum atomic E-state index is 14.3. The first-order valence-electron chi connectivity index (χ1n) is 10.9. The first-order chi connectivity index (χ1) is 17.2. The molecular formula is C26H20ClN3O5S. The van der Waals surface area contributed by atoms with E-state index in [1.54, 1.807) is 48.7 Å². The van der Waals surface area contributed by atoms with Crippen molar-refractivity contribution in [1.29, 1.82) is 0 Å². The number of hydrogen-bond donors (Lipinski definition) is 1. The number of anilines is 1. The number of benzene rings is 3. The van der Waals surface area contributed by atoms with Crippen LogP contribution in [0.2, 0.25) is 5.02 Å². The Balaban J connectivity index is 1.80. The van der Waals surface area contributed by atoms with Crippen molar-refractivity contribution in [2.24, 2.45) is 0 Å². The molecule has 0 radical (unpaired) electrons. The molecule has 0 fully saturated rings. The van der Waals surface area contributed by atoms with E-state index in [4.69, 9.17) is 16.3 Å². The van der Waals surface area contributed by atoms with E-state index in [0.29, 0.717) is 16.7 Å². The fourth-order valence-electron chi connectivity index (χ4n) is 4.59. The zero-order valence-electron chi connectivity index (χ0n) is 19.2. The maximum Gasteiger partial charge on any atom is 0.276 e. The molecule has 0 spiro atoms. The van der Waals surface area contributed by atoms with Gasteiger partial charge in [-0.15, -0.1) is 0 Å². The Morgan fingerprint density at radius 2 is 1.81 bits per heavy atom. The smallest absolute Gasteiger partial charge is 0.276 e. The van der Waals surface area contributed by atoms with Gasteiger partial charge < -0.3 is 10.1 Å². The Labute approximate surface area is 212 Å². The molecule has 0 bridgehead atoms. The van der Waals surface area contributed by atoms with E-state index in [1.807, 2.05) is 0 Å². The number of hydrogen-bond acceptors (Lipinski definition) is 6. The minimum Gasteiger partial charge on any atom is -0.496 e. The molecule has 0 aliphatic carbocycles. The molecule has 182 valence electrons. The van der Waals surface area contributed by atoms with Gasteiger partial charge in [0, 0.05) is 34.7 Å². The standard InChI is InChI=1S/C26H20ClN3O5S/c1-16(31)29-26(20-7-3-4-8-24(20)35-2)21-15-18(27)9-12-23(21)30(25(26)32)36(33,34)19-10-11-22-17(14-19)6-5-13-28-22/h3-15H,1-2H3,(H,29,31). The Morgan fingerprint density at radius 3 is 2.56 bits per heavy atom. The van der Waals surface area contributed by atoms with Gasteiger partial charge in [0.1, 0.15) is 5.75 Å². The molecule has 4 aromatic rings. The summed E-state index contributed by atoms with van der Waals surface area (Å²) in [5, 5.41) is 3.58. The van der Waals surface area contributed by atoms with Gasteiger partial charge in [0.2, 0.25) is 5.91 Å². The van der Waals surface area contributed by atoms with Gasteiger partial charge in [-0.2, -0.15) is 4.31 Å². The van der Waals surface area contributed by atoms with Crippen LogP contribution in [0.4, 0.5) is 5.69 Å². The second-order valence-corrected chi connectivity index (χ2v) is 10.4. The predicted octanol–water partition coefficient (Wildman–Crippen LogP) is 4.01. The fourth-order valence-corrected chi connectivity index (χ4v) is 6.26. The Bertz CT molecular complexity index is 1660. The molecule has 1 aliphatic rings. The van der Waals surface area contributed by atoms with Crippen LogP contribution < -0.4 is 14.4 Å². The van der Waals surface area contributed by atoms with Gasteiger partial charge >= 0.3 is 0 Å². The number of rotatable bonds is 5. The summed E-state index contributed by atoms with van der Waals surface area (Å²) >= 11 is 6.31. The van der Waals surface area contributed by atoms with Crippen LogP contribution in [0, 0.1) is 0 Å². The van der Waals surface area contributed by atoms with Gasteiger partial charge in [0.05, 0.1) is 23.2 Å². The van der Waals surface area contributed by atoms with E-state index in [9.17, 15) is 18.0 Å². The molecule has 1 aliphatic heterocycles. The number of carbonyl (C=O) groups is 2. The zero-order chi connectivity index (χ0) is 25.7. The van der Waals surface area contributed by atoms with Crippen molar-refractivity contribution in [3.05, 3.63) is 95.1 Å². The van der Waals surface area contributed by atoms with Crippen molar-refractivity contribution in [1.82, 2.24) is 10.3 Å². The highest BCUT2D eigenvalue weighted by molar-refractivity contribution is 7.93. The molecule has 3 aromatic carbocycles.